The fourth-order valence-electron chi connectivity index (χ4n) is 3.33. The van der Waals surface area contributed by atoms with Crippen LogP contribution >= 0.6 is 0 Å². The topological polar surface area (TPSA) is 23.1 Å². The zero-order valence-corrected chi connectivity index (χ0v) is 15.5. The van der Waals surface area contributed by atoms with E-state index in [1.54, 1.807) is 6.20 Å². The lowest BCUT2D eigenvalue weighted by molar-refractivity contribution is -0.823. The molecular weight excluding hydrogens is 282 g/mol. The van der Waals surface area contributed by atoms with Gasteiger partial charge >= 0.3 is 0 Å². The quantitative estimate of drug-likeness (QED) is 0.183. The molecule has 0 bridgehead atoms. The molecule has 134 valence electrons. The van der Waals surface area contributed by atoms with Crippen LogP contribution in [0.3, 0.4) is 0 Å². The average molecular weight is 322 g/mol. The van der Waals surface area contributed by atoms with Gasteiger partial charge in [-0.1, -0.05) is 90.0 Å². The highest BCUT2D eigenvalue weighted by atomic mass is 16.5. The molecule has 0 aromatic rings. The summed E-state index contributed by atoms with van der Waals surface area (Å²) in [6.07, 6.45) is 26.8. The van der Waals surface area contributed by atoms with Crippen LogP contribution in [0.5, 0.6) is 0 Å². The highest BCUT2D eigenvalue weighted by molar-refractivity contribution is 5.04. The standard InChI is InChI=1S/C21H39NO/c1-2-3-4-5-6-7-8-9-10-11-12-13-14-16-19-22(23)20-17-15-18-21-22/h15,17-18,20H,2-14,16,19,21H2,1H3. The second-order valence-electron chi connectivity index (χ2n) is 7.22. The molecule has 1 unspecified atom stereocenters. The molecule has 1 atom stereocenters. The summed E-state index contributed by atoms with van der Waals surface area (Å²) in [7, 11) is 0. The zero-order chi connectivity index (χ0) is 16.6. The lowest BCUT2D eigenvalue weighted by atomic mass is 10.0. The minimum Gasteiger partial charge on any atom is -0.628 e. The molecule has 2 nitrogen and oxygen atoms in total. The van der Waals surface area contributed by atoms with E-state index >= 15 is 0 Å². The van der Waals surface area contributed by atoms with Gasteiger partial charge in [-0.15, -0.1) is 0 Å². The van der Waals surface area contributed by atoms with Crippen molar-refractivity contribution < 1.29 is 4.65 Å². The van der Waals surface area contributed by atoms with Gasteiger partial charge in [0.25, 0.3) is 0 Å². The average Bonchev–Trinajstić information content (AvgIpc) is 2.56. The minimum atomic E-state index is -0.144. The molecule has 1 heterocycles. The van der Waals surface area contributed by atoms with E-state index in [1.165, 1.54) is 83.5 Å². The van der Waals surface area contributed by atoms with E-state index in [-0.39, 0.29) is 4.65 Å². The molecule has 0 radical (unpaired) electrons. The first-order valence-electron chi connectivity index (χ1n) is 10.2. The third kappa shape index (κ3) is 11.6. The van der Waals surface area contributed by atoms with Crippen molar-refractivity contribution in [2.45, 2.75) is 96.8 Å². The van der Waals surface area contributed by atoms with Gasteiger partial charge in [0.2, 0.25) is 0 Å². The van der Waals surface area contributed by atoms with Crippen LogP contribution in [-0.4, -0.2) is 17.7 Å². The maximum atomic E-state index is 12.2. The predicted molar refractivity (Wildman–Crippen MR) is 102 cm³/mol. The normalized spacial score (nSPS) is 20.3. The number of allylic oxidation sites excluding steroid dienone is 2. The molecule has 1 aliphatic rings. The highest BCUT2D eigenvalue weighted by Crippen LogP contribution is 2.15. The van der Waals surface area contributed by atoms with Crippen LogP contribution < -0.4 is 0 Å². The molecule has 0 aliphatic carbocycles. The predicted octanol–water partition coefficient (Wildman–Crippen LogP) is 6.87. The summed E-state index contributed by atoms with van der Waals surface area (Å²) in [6.45, 7) is 3.65. The molecular formula is C21H39NO. The summed E-state index contributed by atoms with van der Waals surface area (Å²) in [6, 6.07) is 0. The molecule has 0 saturated carbocycles. The number of unbranched alkanes of at least 4 members (excludes halogenated alkanes) is 13. The monoisotopic (exact) mass is 321 g/mol. The third-order valence-electron chi connectivity index (χ3n) is 4.91. The Morgan fingerprint density at radius 1 is 0.696 bits per heavy atom. The maximum absolute atomic E-state index is 12.2. The van der Waals surface area contributed by atoms with Gasteiger partial charge in [0.05, 0.1) is 12.7 Å². The maximum Gasteiger partial charge on any atom is 0.102 e. The molecule has 1 aliphatic heterocycles. The van der Waals surface area contributed by atoms with E-state index in [2.05, 4.69) is 6.92 Å². The molecule has 0 saturated heterocycles. The molecule has 0 N–H and O–H groups in total. The number of nitrogens with zero attached hydrogens (tertiary/aromatic N) is 1. The van der Waals surface area contributed by atoms with Crippen LogP contribution in [-0.2, 0) is 0 Å². The third-order valence-corrected chi connectivity index (χ3v) is 4.91. The number of hydrogen-bond donors (Lipinski definition) is 0. The van der Waals surface area contributed by atoms with Crippen molar-refractivity contribution in [3.05, 3.63) is 29.6 Å². The van der Waals surface area contributed by atoms with Crippen molar-refractivity contribution in [1.29, 1.82) is 0 Å². The highest BCUT2D eigenvalue weighted by Gasteiger charge is 2.12. The van der Waals surface area contributed by atoms with E-state index in [0.717, 1.165) is 13.0 Å². The second kappa shape index (κ2) is 13.8. The van der Waals surface area contributed by atoms with Crippen LogP contribution in [0.15, 0.2) is 24.4 Å². The molecule has 1 rings (SSSR count). The van der Waals surface area contributed by atoms with Crippen molar-refractivity contribution in [3.63, 3.8) is 0 Å². The summed E-state index contributed by atoms with van der Waals surface area (Å²) < 4.78 is -0.144. The van der Waals surface area contributed by atoms with E-state index in [1.807, 2.05) is 18.2 Å². The van der Waals surface area contributed by atoms with E-state index in [9.17, 15) is 5.21 Å². The molecule has 0 aromatic carbocycles. The van der Waals surface area contributed by atoms with Crippen molar-refractivity contribution in [1.82, 2.24) is 0 Å². The number of quaternary nitrogens is 1. The van der Waals surface area contributed by atoms with E-state index in [0.29, 0.717) is 6.54 Å². The fourth-order valence-corrected chi connectivity index (χ4v) is 3.33. The first-order valence-corrected chi connectivity index (χ1v) is 10.2. The summed E-state index contributed by atoms with van der Waals surface area (Å²) in [5.74, 6) is 0. The van der Waals surface area contributed by atoms with E-state index < -0.39 is 0 Å². The van der Waals surface area contributed by atoms with Crippen molar-refractivity contribution >= 4 is 0 Å². The SMILES string of the molecule is CCCCCCCCCCCCCCCC[N+]1([O-])C=CC=CC1. The Balaban J connectivity index is 1.76. The van der Waals surface area contributed by atoms with Crippen LogP contribution in [0.4, 0.5) is 0 Å². The van der Waals surface area contributed by atoms with Crippen molar-refractivity contribution in [2.24, 2.45) is 0 Å². The minimum absolute atomic E-state index is 0.144. The molecule has 2 heteroatoms. The first kappa shape index (κ1) is 20.4. The second-order valence-corrected chi connectivity index (χ2v) is 7.22. The molecule has 0 fully saturated rings. The lowest BCUT2D eigenvalue weighted by Crippen LogP contribution is -2.38. The van der Waals surface area contributed by atoms with Gasteiger partial charge in [-0.2, -0.15) is 0 Å². The molecule has 0 aromatic heterocycles. The Morgan fingerprint density at radius 2 is 1.17 bits per heavy atom. The van der Waals surface area contributed by atoms with Gasteiger partial charge in [-0.05, 0) is 25.0 Å². The summed E-state index contributed by atoms with van der Waals surface area (Å²) in [4.78, 5) is 0. The number of rotatable bonds is 15. The largest absolute Gasteiger partial charge is 0.628 e. The number of hydrogen-bond acceptors (Lipinski definition) is 1. The van der Waals surface area contributed by atoms with Crippen LogP contribution in [0.25, 0.3) is 0 Å². The fraction of sp³-hybridized carbons (Fsp3) is 0.810. The van der Waals surface area contributed by atoms with Crippen LogP contribution in [0, 0.1) is 5.21 Å². The molecule has 0 amide bonds. The van der Waals surface area contributed by atoms with Crippen LogP contribution in [0.1, 0.15) is 96.8 Å². The summed E-state index contributed by atoms with van der Waals surface area (Å²) in [5, 5.41) is 12.2. The smallest absolute Gasteiger partial charge is 0.102 e. The van der Waals surface area contributed by atoms with Crippen LogP contribution in [0.2, 0.25) is 0 Å². The van der Waals surface area contributed by atoms with Gasteiger partial charge < -0.3 is 9.85 Å². The first-order chi connectivity index (χ1) is 11.3. The summed E-state index contributed by atoms with van der Waals surface area (Å²) in [5.41, 5.74) is 0. The molecule has 0 spiro atoms. The molecule has 23 heavy (non-hydrogen) atoms. The van der Waals surface area contributed by atoms with Gasteiger partial charge in [0, 0.05) is 0 Å². The van der Waals surface area contributed by atoms with Gasteiger partial charge in [0.1, 0.15) is 6.54 Å². The van der Waals surface area contributed by atoms with Gasteiger partial charge in [-0.3, -0.25) is 0 Å². The Labute approximate surface area is 144 Å². The van der Waals surface area contributed by atoms with E-state index in [4.69, 9.17) is 0 Å². The summed E-state index contributed by atoms with van der Waals surface area (Å²) >= 11 is 0. The van der Waals surface area contributed by atoms with Gasteiger partial charge in [0.15, 0.2) is 0 Å². The Bertz CT molecular complexity index is 324. The zero-order valence-electron chi connectivity index (χ0n) is 15.5. The Kier molecular flexibility index (Phi) is 12.3. The van der Waals surface area contributed by atoms with Crippen molar-refractivity contribution in [2.75, 3.05) is 13.1 Å². The number of hydroxylamine groups is 3. The van der Waals surface area contributed by atoms with Gasteiger partial charge in [-0.25, -0.2) is 0 Å². The Morgan fingerprint density at radius 3 is 1.61 bits per heavy atom. The lowest BCUT2D eigenvalue weighted by Gasteiger charge is -2.39. The Hall–Kier alpha value is -0.600. The van der Waals surface area contributed by atoms with Crippen molar-refractivity contribution in [3.8, 4) is 0 Å².